The van der Waals surface area contributed by atoms with Crippen molar-refractivity contribution in [1.29, 1.82) is 0 Å². The second-order valence-corrected chi connectivity index (χ2v) is 15.7. The number of anilines is 3. The molecule has 0 radical (unpaired) electrons. The van der Waals surface area contributed by atoms with Crippen molar-refractivity contribution in [3.8, 4) is 44.5 Å². The average molecular weight is 730 g/mol. The van der Waals surface area contributed by atoms with E-state index in [2.05, 4.69) is 207 Å². The van der Waals surface area contributed by atoms with Crippen LogP contribution < -0.4 is 4.90 Å². The van der Waals surface area contributed by atoms with Crippen molar-refractivity contribution in [2.75, 3.05) is 4.90 Å². The van der Waals surface area contributed by atoms with Crippen molar-refractivity contribution < 1.29 is 4.42 Å². The van der Waals surface area contributed by atoms with E-state index in [1.807, 2.05) is 12.1 Å². The van der Waals surface area contributed by atoms with Crippen molar-refractivity contribution in [1.82, 2.24) is 0 Å². The molecule has 0 saturated carbocycles. The average Bonchev–Trinajstić information content (AvgIpc) is 3.75. The third kappa shape index (κ3) is 5.40. The smallest absolute Gasteiger partial charge is 0.135 e. The van der Waals surface area contributed by atoms with Gasteiger partial charge in [-0.3, -0.25) is 0 Å². The summed E-state index contributed by atoms with van der Waals surface area (Å²) in [5.74, 6) is 0. The molecule has 0 amide bonds. The molecule has 1 aliphatic carbocycles. The highest BCUT2D eigenvalue weighted by Crippen LogP contribution is 2.51. The Morgan fingerprint density at radius 3 is 1.77 bits per heavy atom. The molecule has 57 heavy (non-hydrogen) atoms. The van der Waals surface area contributed by atoms with Crippen LogP contribution in [0.5, 0.6) is 0 Å². The Kier molecular flexibility index (Phi) is 7.55. The predicted molar refractivity (Wildman–Crippen MR) is 240 cm³/mol. The summed E-state index contributed by atoms with van der Waals surface area (Å²) in [5, 5.41) is 4.78. The molecule has 1 heterocycles. The van der Waals surface area contributed by atoms with Gasteiger partial charge < -0.3 is 9.32 Å². The Labute approximate surface area is 332 Å². The van der Waals surface area contributed by atoms with Gasteiger partial charge in [-0.25, -0.2) is 0 Å². The lowest BCUT2D eigenvalue weighted by Gasteiger charge is -2.28. The lowest BCUT2D eigenvalue weighted by Crippen LogP contribution is -2.16. The van der Waals surface area contributed by atoms with E-state index in [0.717, 1.165) is 50.1 Å². The first-order chi connectivity index (χ1) is 28.0. The Bertz CT molecular complexity index is 3130. The zero-order valence-corrected chi connectivity index (χ0v) is 31.9. The largest absolute Gasteiger partial charge is 0.456 e. The van der Waals surface area contributed by atoms with E-state index in [0.29, 0.717) is 0 Å². The van der Waals surface area contributed by atoms with Crippen LogP contribution in [-0.4, -0.2) is 0 Å². The number of fused-ring (bicyclic) bond motifs is 7. The molecule has 2 nitrogen and oxygen atoms in total. The minimum atomic E-state index is -0.110. The summed E-state index contributed by atoms with van der Waals surface area (Å²) >= 11 is 0. The van der Waals surface area contributed by atoms with E-state index < -0.39 is 0 Å². The highest BCUT2D eigenvalue weighted by atomic mass is 16.3. The molecule has 0 aliphatic heterocycles. The predicted octanol–water partition coefficient (Wildman–Crippen LogP) is 15.5. The summed E-state index contributed by atoms with van der Waals surface area (Å²) in [6.07, 6.45) is 0. The lowest BCUT2D eigenvalue weighted by atomic mass is 9.82. The van der Waals surface area contributed by atoms with Gasteiger partial charge in [0.1, 0.15) is 11.2 Å². The second kappa shape index (κ2) is 13.0. The topological polar surface area (TPSA) is 16.4 Å². The van der Waals surface area contributed by atoms with Gasteiger partial charge in [-0.2, -0.15) is 0 Å². The molecule has 1 aromatic heterocycles. The van der Waals surface area contributed by atoms with E-state index in [9.17, 15) is 0 Å². The van der Waals surface area contributed by atoms with Crippen LogP contribution in [0.3, 0.4) is 0 Å². The summed E-state index contributed by atoms with van der Waals surface area (Å²) in [4.78, 5) is 2.40. The minimum Gasteiger partial charge on any atom is -0.456 e. The fourth-order valence-electron chi connectivity index (χ4n) is 9.21. The standard InChI is InChI=1S/C55H39NO/c1-55(2)50-18-10-8-16-46(50)47-32-30-43(35-51(47)55)56(41-26-20-36(21-27-41)40-25-33-53-49(34-40)48-17-9-11-19-52(48)57-53)42-28-22-38(23-29-42)45-31-24-37-12-6-7-15-44(37)54(45)39-13-4-3-5-14-39/h3-35H,1-2H3. The van der Waals surface area contributed by atoms with E-state index in [1.54, 1.807) is 0 Å². The van der Waals surface area contributed by atoms with Gasteiger partial charge in [-0.1, -0.05) is 159 Å². The zero-order valence-electron chi connectivity index (χ0n) is 31.9. The summed E-state index contributed by atoms with van der Waals surface area (Å²) in [6.45, 7) is 4.70. The molecule has 0 fully saturated rings. The quantitative estimate of drug-likeness (QED) is 0.169. The molecule has 0 N–H and O–H groups in total. The maximum Gasteiger partial charge on any atom is 0.135 e. The van der Waals surface area contributed by atoms with Crippen LogP contribution in [0.25, 0.3) is 77.2 Å². The maximum absolute atomic E-state index is 6.14. The summed E-state index contributed by atoms with van der Waals surface area (Å²) in [5.41, 5.74) is 17.7. The van der Waals surface area contributed by atoms with Crippen LogP contribution >= 0.6 is 0 Å². The Balaban J connectivity index is 1.03. The van der Waals surface area contributed by atoms with Crippen molar-refractivity contribution in [2.45, 2.75) is 19.3 Å². The van der Waals surface area contributed by atoms with Crippen LogP contribution in [0.4, 0.5) is 17.1 Å². The molecule has 0 atom stereocenters. The normalized spacial score (nSPS) is 12.9. The molecule has 0 unspecified atom stereocenters. The van der Waals surface area contributed by atoms with E-state index in [1.165, 1.54) is 55.3 Å². The van der Waals surface area contributed by atoms with Gasteiger partial charge in [0, 0.05) is 33.2 Å². The number of benzene rings is 9. The first kappa shape index (κ1) is 33.2. The molecular formula is C55H39NO. The van der Waals surface area contributed by atoms with E-state index >= 15 is 0 Å². The van der Waals surface area contributed by atoms with Gasteiger partial charge in [0.2, 0.25) is 0 Å². The molecule has 270 valence electrons. The van der Waals surface area contributed by atoms with Crippen LogP contribution in [0.2, 0.25) is 0 Å². The van der Waals surface area contributed by atoms with Gasteiger partial charge in [-0.05, 0) is 121 Å². The van der Waals surface area contributed by atoms with Gasteiger partial charge in [-0.15, -0.1) is 0 Å². The summed E-state index contributed by atoms with van der Waals surface area (Å²) in [7, 11) is 0. The number of hydrogen-bond acceptors (Lipinski definition) is 2. The zero-order chi connectivity index (χ0) is 38.1. The lowest BCUT2D eigenvalue weighted by molar-refractivity contribution is 0.660. The Hall–Kier alpha value is -7.16. The molecule has 2 heteroatoms. The highest BCUT2D eigenvalue weighted by Gasteiger charge is 2.35. The highest BCUT2D eigenvalue weighted by molar-refractivity contribution is 6.07. The van der Waals surface area contributed by atoms with Gasteiger partial charge in [0.15, 0.2) is 0 Å². The fraction of sp³-hybridized carbons (Fsp3) is 0.0545. The first-order valence-electron chi connectivity index (χ1n) is 19.8. The minimum absolute atomic E-state index is 0.110. The van der Waals surface area contributed by atoms with Crippen LogP contribution in [0, 0.1) is 0 Å². The Morgan fingerprint density at radius 1 is 0.368 bits per heavy atom. The van der Waals surface area contributed by atoms with Gasteiger partial charge in [0.05, 0.1) is 0 Å². The van der Waals surface area contributed by atoms with Crippen molar-refractivity contribution in [3.63, 3.8) is 0 Å². The number of nitrogens with zero attached hydrogens (tertiary/aromatic N) is 1. The van der Waals surface area contributed by atoms with E-state index in [4.69, 9.17) is 4.42 Å². The van der Waals surface area contributed by atoms with E-state index in [-0.39, 0.29) is 5.41 Å². The molecule has 0 spiro atoms. The van der Waals surface area contributed by atoms with Crippen molar-refractivity contribution in [3.05, 3.63) is 211 Å². The SMILES string of the molecule is CC1(C)c2ccccc2-c2ccc(N(c3ccc(-c4ccc5oc6ccccc6c5c4)cc3)c3ccc(-c4ccc5ccccc5c4-c4ccccc4)cc3)cc21. The number of rotatable bonds is 6. The molecule has 10 aromatic rings. The van der Waals surface area contributed by atoms with Crippen LogP contribution in [-0.2, 0) is 5.41 Å². The third-order valence-electron chi connectivity index (χ3n) is 12.1. The van der Waals surface area contributed by atoms with Gasteiger partial charge >= 0.3 is 0 Å². The fourth-order valence-corrected chi connectivity index (χ4v) is 9.21. The molecule has 11 rings (SSSR count). The second-order valence-electron chi connectivity index (χ2n) is 15.7. The summed E-state index contributed by atoms with van der Waals surface area (Å²) in [6, 6.07) is 72.7. The molecule has 1 aliphatic rings. The number of para-hydroxylation sites is 1. The molecule has 0 bridgehead atoms. The number of hydrogen-bond donors (Lipinski definition) is 0. The van der Waals surface area contributed by atoms with Crippen LogP contribution in [0.1, 0.15) is 25.0 Å². The monoisotopic (exact) mass is 729 g/mol. The number of furan rings is 1. The molecular weight excluding hydrogens is 691 g/mol. The molecule has 0 saturated heterocycles. The first-order valence-corrected chi connectivity index (χ1v) is 19.8. The van der Waals surface area contributed by atoms with Crippen molar-refractivity contribution >= 4 is 49.8 Å². The summed E-state index contributed by atoms with van der Waals surface area (Å²) < 4.78 is 6.14. The van der Waals surface area contributed by atoms with Crippen molar-refractivity contribution in [2.24, 2.45) is 0 Å². The maximum atomic E-state index is 6.14. The molecule has 9 aromatic carbocycles. The van der Waals surface area contributed by atoms with Gasteiger partial charge in [0.25, 0.3) is 0 Å². The Morgan fingerprint density at radius 2 is 0.965 bits per heavy atom. The van der Waals surface area contributed by atoms with Crippen LogP contribution in [0.15, 0.2) is 205 Å². The third-order valence-corrected chi connectivity index (χ3v) is 12.1.